The molecule has 0 spiro atoms. The number of thioether (sulfide) groups is 1. The highest BCUT2D eigenvalue weighted by molar-refractivity contribution is 7.99. The van der Waals surface area contributed by atoms with Gasteiger partial charge in [0.15, 0.2) is 0 Å². The van der Waals surface area contributed by atoms with Crippen LogP contribution in [0, 0.1) is 11.8 Å². The summed E-state index contributed by atoms with van der Waals surface area (Å²) in [4.78, 5) is 11.5. The number of rotatable bonds is 4. The number of carbonyl (C=O) groups is 1. The number of carbonyl (C=O) groups excluding carboxylic acids is 1. The fraction of sp³-hybridized carbons (Fsp3) is 0.900. The molecule has 0 saturated carbocycles. The molecule has 4 heteroatoms. The number of esters is 1. The van der Waals surface area contributed by atoms with Crippen molar-refractivity contribution in [2.45, 2.75) is 12.8 Å². The molecule has 0 aromatic heterocycles. The summed E-state index contributed by atoms with van der Waals surface area (Å²) in [6.07, 6.45) is 2.21. The summed E-state index contributed by atoms with van der Waals surface area (Å²) in [7, 11) is 3.08. The highest BCUT2D eigenvalue weighted by Crippen LogP contribution is 2.29. The zero-order valence-corrected chi connectivity index (χ0v) is 9.64. The highest BCUT2D eigenvalue weighted by Gasteiger charge is 2.30. The van der Waals surface area contributed by atoms with Gasteiger partial charge in [-0.05, 0) is 30.3 Å². The molecule has 1 fully saturated rings. The van der Waals surface area contributed by atoms with Gasteiger partial charge >= 0.3 is 5.97 Å². The summed E-state index contributed by atoms with van der Waals surface area (Å²) >= 11 is 1.96. The minimum absolute atomic E-state index is 0.0640. The van der Waals surface area contributed by atoms with Crippen molar-refractivity contribution in [2.24, 2.45) is 11.8 Å². The summed E-state index contributed by atoms with van der Waals surface area (Å²) in [5, 5.41) is 0. The molecule has 0 aromatic carbocycles. The van der Waals surface area contributed by atoms with Crippen molar-refractivity contribution in [3.8, 4) is 0 Å². The Morgan fingerprint density at radius 1 is 1.43 bits per heavy atom. The Labute approximate surface area is 89.5 Å². The first-order chi connectivity index (χ1) is 6.79. The molecule has 1 heterocycles. The summed E-state index contributed by atoms with van der Waals surface area (Å²) in [6.45, 7) is 0.488. The van der Waals surface area contributed by atoms with Gasteiger partial charge in [-0.1, -0.05) is 0 Å². The van der Waals surface area contributed by atoms with E-state index < -0.39 is 0 Å². The maximum absolute atomic E-state index is 11.5. The molecule has 0 bridgehead atoms. The molecule has 0 N–H and O–H groups in total. The second-order valence-electron chi connectivity index (χ2n) is 3.53. The Kier molecular flexibility index (Phi) is 5.33. The van der Waals surface area contributed by atoms with E-state index in [-0.39, 0.29) is 11.9 Å². The van der Waals surface area contributed by atoms with Gasteiger partial charge in [0.1, 0.15) is 0 Å². The fourth-order valence-corrected chi connectivity index (χ4v) is 2.99. The van der Waals surface area contributed by atoms with Crippen molar-refractivity contribution >= 4 is 17.7 Å². The lowest BCUT2D eigenvalue weighted by Gasteiger charge is -2.27. The largest absolute Gasteiger partial charge is 0.469 e. The van der Waals surface area contributed by atoms with Crippen molar-refractivity contribution in [3.05, 3.63) is 0 Å². The summed E-state index contributed by atoms with van der Waals surface area (Å²) in [6, 6.07) is 0. The lowest BCUT2D eigenvalue weighted by atomic mass is 9.88. The van der Waals surface area contributed by atoms with Crippen LogP contribution in [0.5, 0.6) is 0 Å². The SMILES string of the molecule is COCC(C(=O)OC)C1CCSCC1. The zero-order chi connectivity index (χ0) is 10.4. The van der Waals surface area contributed by atoms with Gasteiger partial charge in [0.05, 0.1) is 19.6 Å². The van der Waals surface area contributed by atoms with Gasteiger partial charge < -0.3 is 9.47 Å². The summed E-state index contributed by atoms with van der Waals surface area (Å²) in [5.74, 6) is 2.57. The third kappa shape index (κ3) is 3.17. The van der Waals surface area contributed by atoms with E-state index in [0.717, 1.165) is 24.3 Å². The molecule has 1 unspecified atom stereocenters. The topological polar surface area (TPSA) is 35.5 Å². The number of ether oxygens (including phenoxy) is 2. The highest BCUT2D eigenvalue weighted by atomic mass is 32.2. The van der Waals surface area contributed by atoms with Crippen molar-refractivity contribution in [1.29, 1.82) is 0 Å². The van der Waals surface area contributed by atoms with Crippen LogP contribution in [0.4, 0.5) is 0 Å². The van der Waals surface area contributed by atoms with Crippen LogP contribution in [0.2, 0.25) is 0 Å². The van der Waals surface area contributed by atoms with Gasteiger partial charge in [-0.25, -0.2) is 0 Å². The van der Waals surface area contributed by atoms with Crippen molar-refractivity contribution < 1.29 is 14.3 Å². The first kappa shape index (κ1) is 11.9. The van der Waals surface area contributed by atoms with Gasteiger partial charge in [-0.3, -0.25) is 4.79 Å². The Hall–Kier alpha value is -0.220. The Balaban J connectivity index is 2.50. The molecule has 82 valence electrons. The first-order valence-corrected chi connectivity index (χ1v) is 6.09. The molecule has 0 aromatic rings. The molecule has 3 nitrogen and oxygen atoms in total. The van der Waals surface area contributed by atoms with E-state index in [1.165, 1.54) is 7.11 Å². The average Bonchev–Trinajstić information content (AvgIpc) is 2.26. The van der Waals surface area contributed by atoms with Gasteiger partial charge in [0.25, 0.3) is 0 Å². The van der Waals surface area contributed by atoms with E-state index >= 15 is 0 Å². The first-order valence-electron chi connectivity index (χ1n) is 4.94. The molecule has 0 radical (unpaired) electrons. The van der Waals surface area contributed by atoms with Crippen LogP contribution in [-0.2, 0) is 14.3 Å². The van der Waals surface area contributed by atoms with E-state index in [2.05, 4.69) is 0 Å². The fourth-order valence-electron chi connectivity index (χ4n) is 1.85. The minimum Gasteiger partial charge on any atom is -0.469 e. The molecule has 0 amide bonds. The Bertz CT molecular complexity index is 178. The third-order valence-corrected chi connectivity index (χ3v) is 3.73. The predicted octanol–water partition coefficient (Wildman–Crippen LogP) is 1.57. The van der Waals surface area contributed by atoms with Gasteiger partial charge in [-0.2, -0.15) is 11.8 Å². The predicted molar refractivity (Wildman–Crippen MR) is 57.4 cm³/mol. The van der Waals surface area contributed by atoms with Crippen LogP contribution >= 0.6 is 11.8 Å². The van der Waals surface area contributed by atoms with E-state index in [1.807, 2.05) is 11.8 Å². The number of hydrogen-bond donors (Lipinski definition) is 0. The van der Waals surface area contributed by atoms with Crippen molar-refractivity contribution in [3.63, 3.8) is 0 Å². The van der Waals surface area contributed by atoms with Crippen LogP contribution in [0.1, 0.15) is 12.8 Å². The number of methoxy groups -OCH3 is 2. The molecular formula is C10H18O3S. The van der Waals surface area contributed by atoms with Gasteiger partial charge in [0.2, 0.25) is 0 Å². The average molecular weight is 218 g/mol. The normalized spacial score (nSPS) is 20.4. The van der Waals surface area contributed by atoms with E-state index in [9.17, 15) is 4.79 Å². The van der Waals surface area contributed by atoms with Crippen LogP contribution in [-0.4, -0.2) is 38.3 Å². The Morgan fingerprint density at radius 2 is 2.07 bits per heavy atom. The zero-order valence-electron chi connectivity index (χ0n) is 8.82. The maximum Gasteiger partial charge on any atom is 0.311 e. The molecule has 1 aliphatic heterocycles. The minimum atomic E-state index is -0.122. The monoisotopic (exact) mass is 218 g/mol. The molecule has 1 aliphatic rings. The van der Waals surface area contributed by atoms with Crippen molar-refractivity contribution in [2.75, 3.05) is 32.3 Å². The molecule has 1 rings (SSSR count). The summed E-state index contributed by atoms with van der Waals surface area (Å²) < 4.78 is 9.86. The quantitative estimate of drug-likeness (QED) is 0.671. The third-order valence-electron chi connectivity index (χ3n) is 2.69. The van der Waals surface area contributed by atoms with Crippen LogP contribution < -0.4 is 0 Å². The molecule has 0 aliphatic carbocycles. The van der Waals surface area contributed by atoms with Crippen LogP contribution in [0.15, 0.2) is 0 Å². The Morgan fingerprint density at radius 3 is 2.57 bits per heavy atom. The smallest absolute Gasteiger partial charge is 0.311 e. The van der Waals surface area contributed by atoms with E-state index in [1.54, 1.807) is 7.11 Å². The van der Waals surface area contributed by atoms with Crippen molar-refractivity contribution in [1.82, 2.24) is 0 Å². The second kappa shape index (κ2) is 6.30. The van der Waals surface area contributed by atoms with Gasteiger partial charge in [-0.15, -0.1) is 0 Å². The molecule has 1 saturated heterocycles. The van der Waals surface area contributed by atoms with Gasteiger partial charge in [0, 0.05) is 7.11 Å². The van der Waals surface area contributed by atoms with Crippen LogP contribution in [0.3, 0.4) is 0 Å². The summed E-state index contributed by atoms with van der Waals surface area (Å²) in [5.41, 5.74) is 0. The molecule has 14 heavy (non-hydrogen) atoms. The lowest BCUT2D eigenvalue weighted by molar-refractivity contribution is -0.149. The molecular weight excluding hydrogens is 200 g/mol. The second-order valence-corrected chi connectivity index (χ2v) is 4.76. The van der Waals surface area contributed by atoms with Crippen LogP contribution in [0.25, 0.3) is 0 Å². The standard InChI is InChI=1S/C10H18O3S/c1-12-7-9(10(11)13-2)8-3-5-14-6-4-8/h8-9H,3-7H2,1-2H3. The van der Waals surface area contributed by atoms with E-state index in [0.29, 0.717) is 12.5 Å². The van der Waals surface area contributed by atoms with E-state index in [4.69, 9.17) is 9.47 Å². The maximum atomic E-state index is 11.5. The molecule has 1 atom stereocenters. The number of hydrogen-bond acceptors (Lipinski definition) is 4. The lowest BCUT2D eigenvalue weighted by Crippen LogP contribution is -2.31.